The smallest absolute Gasteiger partial charge is 0.131 e. The van der Waals surface area contributed by atoms with Gasteiger partial charge in [-0.25, -0.2) is 4.98 Å². The quantitative estimate of drug-likeness (QED) is 0.859. The van der Waals surface area contributed by atoms with Gasteiger partial charge >= 0.3 is 0 Å². The van der Waals surface area contributed by atoms with Crippen LogP contribution in [0.15, 0.2) is 35.2 Å². The molecular formula is C11H12N2OS. The molecule has 4 heteroatoms. The van der Waals surface area contributed by atoms with E-state index in [1.54, 1.807) is 16.8 Å². The van der Waals surface area contributed by atoms with Crippen LogP contribution in [0.3, 0.4) is 0 Å². The van der Waals surface area contributed by atoms with Crippen molar-refractivity contribution < 1.29 is 4.74 Å². The van der Waals surface area contributed by atoms with Gasteiger partial charge < -0.3 is 10.5 Å². The van der Waals surface area contributed by atoms with Crippen molar-refractivity contribution in [3.63, 3.8) is 0 Å². The van der Waals surface area contributed by atoms with Crippen LogP contribution in [0, 0.1) is 0 Å². The molecule has 0 radical (unpaired) electrons. The molecule has 0 fully saturated rings. The molecule has 1 aromatic heterocycles. The highest BCUT2D eigenvalue weighted by atomic mass is 32.1. The van der Waals surface area contributed by atoms with Crippen molar-refractivity contribution in [1.82, 2.24) is 4.98 Å². The predicted octanol–water partition coefficient (Wildman–Crippen LogP) is 2.18. The molecule has 0 aliphatic rings. The number of rotatable bonds is 4. The lowest BCUT2D eigenvalue weighted by molar-refractivity contribution is 0.302. The van der Waals surface area contributed by atoms with E-state index in [1.807, 2.05) is 29.6 Å². The van der Waals surface area contributed by atoms with E-state index in [2.05, 4.69) is 4.98 Å². The van der Waals surface area contributed by atoms with E-state index >= 15 is 0 Å². The molecule has 0 aliphatic heterocycles. The number of ether oxygens (including phenoxy) is 1. The summed E-state index contributed by atoms with van der Waals surface area (Å²) in [7, 11) is 0. The Labute approximate surface area is 92.5 Å². The van der Waals surface area contributed by atoms with Crippen molar-refractivity contribution >= 4 is 11.3 Å². The number of benzene rings is 1. The van der Waals surface area contributed by atoms with Crippen molar-refractivity contribution in [1.29, 1.82) is 0 Å². The van der Waals surface area contributed by atoms with Crippen LogP contribution < -0.4 is 10.5 Å². The normalized spacial score (nSPS) is 10.2. The average Bonchev–Trinajstić information content (AvgIpc) is 2.80. The molecule has 2 rings (SSSR count). The van der Waals surface area contributed by atoms with Gasteiger partial charge in [0.25, 0.3) is 0 Å². The first-order chi connectivity index (χ1) is 7.38. The first kappa shape index (κ1) is 10.1. The molecule has 78 valence electrons. The summed E-state index contributed by atoms with van der Waals surface area (Å²) in [6.07, 6.45) is 0. The number of thiazole rings is 1. The minimum Gasteiger partial charge on any atom is -0.487 e. The highest BCUT2D eigenvalue weighted by Gasteiger charge is 1.97. The van der Waals surface area contributed by atoms with Gasteiger partial charge in [-0.05, 0) is 17.7 Å². The summed E-state index contributed by atoms with van der Waals surface area (Å²) < 4.78 is 5.55. The Morgan fingerprint density at radius 1 is 1.27 bits per heavy atom. The molecule has 0 amide bonds. The number of nitrogens with zero attached hydrogens (tertiary/aromatic N) is 1. The molecule has 0 saturated heterocycles. The van der Waals surface area contributed by atoms with Gasteiger partial charge in [0, 0.05) is 11.9 Å². The van der Waals surface area contributed by atoms with E-state index in [0.29, 0.717) is 13.2 Å². The summed E-state index contributed by atoms with van der Waals surface area (Å²) in [5, 5.41) is 1.98. The molecule has 0 atom stereocenters. The SMILES string of the molecule is NCc1ccc(OCc2cscn2)cc1. The first-order valence-corrected chi connectivity index (χ1v) is 5.61. The molecule has 0 unspecified atom stereocenters. The zero-order valence-electron chi connectivity index (χ0n) is 8.22. The van der Waals surface area contributed by atoms with E-state index < -0.39 is 0 Å². The highest BCUT2D eigenvalue weighted by Crippen LogP contribution is 2.13. The number of hydrogen-bond acceptors (Lipinski definition) is 4. The molecule has 2 aromatic rings. The number of aromatic nitrogens is 1. The lowest BCUT2D eigenvalue weighted by Gasteiger charge is -2.04. The Balaban J connectivity index is 1.93. The second-order valence-electron chi connectivity index (χ2n) is 3.12. The maximum Gasteiger partial charge on any atom is 0.131 e. The third-order valence-electron chi connectivity index (χ3n) is 2.03. The fourth-order valence-corrected chi connectivity index (χ4v) is 1.73. The second-order valence-corrected chi connectivity index (χ2v) is 3.84. The third kappa shape index (κ3) is 2.78. The summed E-state index contributed by atoms with van der Waals surface area (Å²) >= 11 is 1.57. The van der Waals surface area contributed by atoms with Gasteiger partial charge in [0.1, 0.15) is 12.4 Å². The molecule has 3 nitrogen and oxygen atoms in total. The van der Waals surface area contributed by atoms with Crippen molar-refractivity contribution in [2.45, 2.75) is 13.2 Å². The van der Waals surface area contributed by atoms with Crippen LogP contribution >= 0.6 is 11.3 Å². The summed E-state index contributed by atoms with van der Waals surface area (Å²) in [4.78, 5) is 4.14. The van der Waals surface area contributed by atoms with E-state index in [4.69, 9.17) is 10.5 Å². The van der Waals surface area contributed by atoms with E-state index in [1.165, 1.54) is 0 Å². The molecular weight excluding hydrogens is 208 g/mol. The minimum absolute atomic E-state index is 0.519. The van der Waals surface area contributed by atoms with Gasteiger partial charge in [-0.15, -0.1) is 11.3 Å². The molecule has 2 N–H and O–H groups in total. The minimum atomic E-state index is 0.519. The lowest BCUT2D eigenvalue weighted by atomic mass is 10.2. The Bertz CT molecular complexity index is 397. The zero-order valence-corrected chi connectivity index (χ0v) is 9.04. The van der Waals surface area contributed by atoms with E-state index in [-0.39, 0.29) is 0 Å². The van der Waals surface area contributed by atoms with Crippen LogP contribution in [0.5, 0.6) is 5.75 Å². The maximum atomic E-state index is 5.55. The van der Waals surface area contributed by atoms with Gasteiger partial charge in [0.15, 0.2) is 0 Å². The summed E-state index contributed by atoms with van der Waals surface area (Å²) in [6, 6.07) is 7.79. The fraction of sp³-hybridized carbons (Fsp3) is 0.182. The molecule has 1 aromatic carbocycles. The van der Waals surface area contributed by atoms with Gasteiger partial charge in [0.05, 0.1) is 11.2 Å². The van der Waals surface area contributed by atoms with Crippen LogP contribution in [0.1, 0.15) is 11.3 Å². The predicted molar refractivity (Wildman–Crippen MR) is 60.8 cm³/mol. The molecule has 0 saturated carbocycles. The van der Waals surface area contributed by atoms with Crippen LogP contribution in [0.2, 0.25) is 0 Å². The second kappa shape index (κ2) is 4.91. The lowest BCUT2D eigenvalue weighted by Crippen LogP contribution is -1.97. The number of hydrogen-bond donors (Lipinski definition) is 1. The van der Waals surface area contributed by atoms with Gasteiger partial charge in [0.2, 0.25) is 0 Å². The Morgan fingerprint density at radius 2 is 2.07 bits per heavy atom. The van der Waals surface area contributed by atoms with Crippen molar-refractivity contribution in [2.24, 2.45) is 5.73 Å². The molecule has 0 spiro atoms. The fourth-order valence-electron chi connectivity index (χ4n) is 1.19. The van der Waals surface area contributed by atoms with Crippen molar-refractivity contribution in [3.8, 4) is 5.75 Å². The molecule has 15 heavy (non-hydrogen) atoms. The van der Waals surface area contributed by atoms with Crippen LogP contribution in [0.4, 0.5) is 0 Å². The van der Waals surface area contributed by atoms with Crippen molar-refractivity contribution in [3.05, 3.63) is 46.4 Å². The molecule has 1 heterocycles. The number of nitrogens with two attached hydrogens (primary N) is 1. The largest absolute Gasteiger partial charge is 0.487 e. The first-order valence-electron chi connectivity index (χ1n) is 4.67. The topological polar surface area (TPSA) is 48.1 Å². The van der Waals surface area contributed by atoms with Gasteiger partial charge in [-0.1, -0.05) is 12.1 Å². The summed E-state index contributed by atoms with van der Waals surface area (Å²) in [6.45, 7) is 1.08. The highest BCUT2D eigenvalue weighted by molar-refractivity contribution is 7.07. The Kier molecular flexibility index (Phi) is 3.32. The zero-order chi connectivity index (χ0) is 10.5. The molecule has 0 aliphatic carbocycles. The summed E-state index contributed by atoms with van der Waals surface area (Å²) in [5.74, 6) is 0.847. The Hall–Kier alpha value is -1.39. The monoisotopic (exact) mass is 220 g/mol. The van der Waals surface area contributed by atoms with E-state index in [9.17, 15) is 0 Å². The summed E-state index contributed by atoms with van der Waals surface area (Å²) in [5.41, 5.74) is 9.37. The molecule has 0 bridgehead atoms. The Morgan fingerprint density at radius 3 is 2.67 bits per heavy atom. The van der Waals surface area contributed by atoms with Crippen molar-refractivity contribution in [2.75, 3.05) is 0 Å². The standard InChI is InChI=1S/C11H12N2OS/c12-5-9-1-3-11(4-2-9)14-6-10-7-15-8-13-10/h1-4,7-8H,5-6,12H2. The van der Waals surface area contributed by atoms with E-state index in [0.717, 1.165) is 17.0 Å². The van der Waals surface area contributed by atoms with Crippen LogP contribution in [0.25, 0.3) is 0 Å². The van der Waals surface area contributed by atoms with Crippen LogP contribution in [-0.4, -0.2) is 4.98 Å². The van der Waals surface area contributed by atoms with Crippen LogP contribution in [-0.2, 0) is 13.2 Å². The maximum absolute atomic E-state index is 5.55. The average molecular weight is 220 g/mol. The third-order valence-corrected chi connectivity index (χ3v) is 2.66. The van der Waals surface area contributed by atoms with Gasteiger partial charge in [-0.2, -0.15) is 0 Å². The van der Waals surface area contributed by atoms with Gasteiger partial charge in [-0.3, -0.25) is 0 Å².